The number of ether oxygens (including phenoxy) is 1. The maximum Gasteiger partial charge on any atom is 0.325 e. The molecule has 1 amide bonds. The number of rotatable bonds is 5. The second kappa shape index (κ2) is 5.77. The van der Waals surface area contributed by atoms with Crippen LogP contribution in [0, 0.1) is 5.95 Å². The Morgan fingerprint density at radius 1 is 1.47 bits per heavy atom. The molecule has 0 saturated heterocycles. The van der Waals surface area contributed by atoms with Crippen LogP contribution in [0.2, 0.25) is 0 Å². The van der Waals surface area contributed by atoms with E-state index in [4.69, 9.17) is 4.74 Å². The maximum absolute atomic E-state index is 13.0. The third kappa shape index (κ3) is 3.49. The maximum atomic E-state index is 13.0. The van der Waals surface area contributed by atoms with Gasteiger partial charge in [-0.05, 0) is 31.9 Å². The van der Waals surface area contributed by atoms with Crippen molar-refractivity contribution in [2.24, 2.45) is 0 Å². The minimum Gasteiger partial charge on any atom is -0.465 e. The quantitative estimate of drug-likeness (QED) is 0.597. The van der Waals surface area contributed by atoms with Crippen LogP contribution in [0.15, 0.2) is 18.2 Å². The molecule has 0 bridgehead atoms. The Balaban J connectivity index is 2.10. The number of pyridine rings is 1. The number of hydrogen-bond donors (Lipinski definition) is 0. The molecule has 0 radical (unpaired) electrons. The van der Waals surface area contributed by atoms with E-state index >= 15 is 0 Å². The van der Waals surface area contributed by atoms with E-state index < -0.39 is 17.8 Å². The Labute approximate surface area is 110 Å². The van der Waals surface area contributed by atoms with E-state index in [1.807, 2.05) is 0 Å². The zero-order chi connectivity index (χ0) is 13.8. The van der Waals surface area contributed by atoms with E-state index in [0.29, 0.717) is 0 Å². The van der Waals surface area contributed by atoms with Crippen LogP contribution in [0.1, 0.15) is 30.3 Å². The fourth-order valence-corrected chi connectivity index (χ4v) is 1.77. The van der Waals surface area contributed by atoms with Crippen molar-refractivity contribution in [1.29, 1.82) is 0 Å². The molecule has 1 aromatic rings. The van der Waals surface area contributed by atoms with Gasteiger partial charge in [-0.3, -0.25) is 9.59 Å². The van der Waals surface area contributed by atoms with Gasteiger partial charge in [0.1, 0.15) is 12.2 Å². The number of aromatic nitrogens is 1. The molecule has 6 heteroatoms. The fourth-order valence-electron chi connectivity index (χ4n) is 1.77. The first-order chi connectivity index (χ1) is 9.11. The molecule has 1 fully saturated rings. The molecule has 1 heterocycles. The minimum atomic E-state index is -0.710. The summed E-state index contributed by atoms with van der Waals surface area (Å²) in [5, 5.41) is 0. The summed E-state index contributed by atoms with van der Waals surface area (Å²) < 4.78 is 17.9. The van der Waals surface area contributed by atoms with Crippen molar-refractivity contribution in [2.75, 3.05) is 13.2 Å². The smallest absolute Gasteiger partial charge is 0.325 e. The lowest BCUT2D eigenvalue weighted by atomic mass is 10.3. The van der Waals surface area contributed by atoms with Crippen LogP contribution in [0.5, 0.6) is 0 Å². The summed E-state index contributed by atoms with van der Waals surface area (Å²) >= 11 is 0. The first-order valence-corrected chi connectivity index (χ1v) is 6.21. The van der Waals surface area contributed by atoms with E-state index in [2.05, 4.69) is 4.98 Å². The summed E-state index contributed by atoms with van der Waals surface area (Å²) in [6, 6.07) is 4.06. The second-order valence-corrected chi connectivity index (χ2v) is 4.31. The Morgan fingerprint density at radius 3 is 2.79 bits per heavy atom. The van der Waals surface area contributed by atoms with Crippen molar-refractivity contribution in [2.45, 2.75) is 25.8 Å². The lowest BCUT2D eigenvalue weighted by Crippen LogP contribution is -2.38. The first-order valence-electron chi connectivity index (χ1n) is 6.21. The lowest BCUT2D eigenvalue weighted by Gasteiger charge is -2.20. The highest BCUT2D eigenvalue weighted by Gasteiger charge is 2.35. The molecule has 5 nitrogen and oxygen atoms in total. The number of esters is 1. The molecule has 0 aliphatic heterocycles. The molecule has 0 N–H and O–H groups in total. The van der Waals surface area contributed by atoms with Gasteiger partial charge in [0.15, 0.2) is 0 Å². The number of carbonyl (C=O) groups is 2. The number of hydrogen-bond acceptors (Lipinski definition) is 4. The topological polar surface area (TPSA) is 59.5 Å². The normalized spacial score (nSPS) is 14.0. The van der Waals surface area contributed by atoms with Crippen molar-refractivity contribution in [3.05, 3.63) is 29.8 Å². The molecule has 2 rings (SSSR count). The highest BCUT2D eigenvalue weighted by atomic mass is 19.1. The Kier molecular flexibility index (Phi) is 4.09. The van der Waals surface area contributed by atoms with Crippen LogP contribution in [0.4, 0.5) is 4.39 Å². The van der Waals surface area contributed by atoms with E-state index in [0.717, 1.165) is 12.8 Å². The van der Waals surface area contributed by atoms with Crippen molar-refractivity contribution in [1.82, 2.24) is 9.88 Å². The van der Waals surface area contributed by atoms with E-state index in [-0.39, 0.29) is 24.9 Å². The molecule has 0 atom stereocenters. The Hall–Kier alpha value is -1.98. The van der Waals surface area contributed by atoms with Gasteiger partial charge in [0.25, 0.3) is 5.91 Å². The van der Waals surface area contributed by atoms with Crippen LogP contribution < -0.4 is 0 Å². The number of amides is 1. The lowest BCUT2D eigenvalue weighted by molar-refractivity contribution is -0.144. The van der Waals surface area contributed by atoms with Gasteiger partial charge in [0.2, 0.25) is 5.95 Å². The van der Waals surface area contributed by atoms with Crippen molar-refractivity contribution < 1.29 is 18.7 Å². The zero-order valence-corrected chi connectivity index (χ0v) is 10.6. The van der Waals surface area contributed by atoms with Crippen molar-refractivity contribution in [3.63, 3.8) is 0 Å². The van der Waals surface area contributed by atoms with Crippen LogP contribution in [0.3, 0.4) is 0 Å². The van der Waals surface area contributed by atoms with Crippen molar-refractivity contribution in [3.8, 4) is 0 Å². The average Bonchev–Trinajstić information content (AvgIpc) is 3.20. The predicted octanol–water partition coefficient (Wildman–Crippen LogP) is 1.39. The third-order valence-electron chi connectivity index (χ3n) is 2.79. The molecule has 1 saturated carbocycles. The van der Waals surface area contributed by atoms with E-state index in [1.54, 1.807) is 6.92 Å². The molecule has 1 aliphatic rings. The van der Waals surface area contributed by atoms with Gasteiger partial charge in [-0.1, -0.05) is 6.07 Å². The van der Waals surface area contributed by atoms with Crippen LogP contribution in [-0.2, 0) is 9.53 Å². The second-order valence-electron chi connectivity index (χ2n) is 4.31. The monoisotopic (exact) mass is 266 g/mol. The zero-order valence-electron chi connectivity index (χ0n) is 10.6. The molecule has 19 heavy (non-hydrogen) atoms. The van der Waals surface area contributed by atoms with Gasteiger partial charge < -0.3 is 9.64 Å². The van der Waals surface area contributed by atoms with E-state index in [9.17, 15) is 14.0 Å². The summed E-state index contributed by atoms with van der Waals surface area (Å²) in [7, 11) is 0. The highest BCUT2D eigenvalue weighted by Crippen LogP contribution is 2.27. The Morgan fingerprint density at radius 2 is 2.21 bits per heavy atom. The summed E-state index contributed by atoms with van der Waals surface area (Å²) in [5.41, 5.74) is 0.0104. The molecule has 0 aromatic carbocycles. The van der Waals surface area contributed by atoms with E-state index in [1.165, 1.54) is 23.1 Å². The number of halogens is 1. The SMILES string of the molecule is CCOC(=O)CN(C(=O)c1cccc(F)n1)C1CC1. The number of carbonyl (C=O) groups excluding carboxylic acids is 2. The minimum absolute atomic E-state index is 0.0104. The Bertz CT molecular complexity index is 489. The molecule has 1 aliphatic carbocycles. The predicted molar refractivity (Wildman–Crippen MR) is 64.9 cm³/mol. The van der Waals surface area contributed by atoms with Gasteiger partial charge >= 0.3 is 5.97 Å². The fraction of sp³-hybridized carbons (Fsp3) is 0.462. The summed E-state index contributed by atoms with van der Waals surface area (Å²) in [6.07, 6.45) is 1.70. The molecule has 1 aromatic heterocycles. The number of nitrogens with zero attached hydrogens (tertiary/aromatic N) is 2. The van der Waals surface area contributed by atoms with Gasteiger partial charge in [-0.25, -0.2) is 4.98 Å². The summed E-state index contributed by atoms with van der Waals surface area (Å²) in [4.78, 5) is 28.6. The first kappa shape index (κ1) is 13.5. The highest BCUT2D eigenvalue weighted by molar-refractivity contribution is 5.94. The summed E-state index contributed by atoms with van der Waals surface area (Å²) in [6.45, 7) is 1.86. The van der Waals surface area contributed by atoms with Crippen LogP contribution in [0.25, 0.3) is 0 Å². The van der Waals surface area contributed by atoms with Crippen LogP contribution >= 0.6 is 0 Å². The molecule has 0 spiro atoms. The van der Waals surface area contributed by atoms with Gasteiger partial charge in [-0.15, -0.1) is 0 Å². The summed E-state index contributed by atoms with van der Waals surface area (Å²) in [5.74, 6) is -1.60. The largest absolute Gasteiger partial charge is 0.465 e. The third-order valence-corrected chi connectivity index (χ3v) is 2.79. The molecule has 102 valence electrons. The molecular weight excluding hydrogens is 251 g/mol. The molecule has 0 unspecified atom stereocenters. The van der Waals surface area contributed by atoms with Crippen LogP contribution in [-0.4, -0.2) is 41.0 Å². The molecular formula is C13H15FN2O3. The van der Waals surface area contributed by atoms with Gasteiger partial charge in [0.05, 0.1) is 6.61 Å². The average molecular weight is 266 g/mol. The standard InChI is InChI=1S/C13H15FN2O3/c1-2-19-12(17)8-16(9-6-7-9)13(18)10-4-3-5-11(14)15-10/h3-5,9H,2,6-8H2,1H3. The van der Waals surface area contributed by atoms with Gasteiger partial charge in [0, 0.05) is 6.04 Å². The van der Waals surface area contributed by atoms with Crippen molar-refractivity contribution >= 4 is 11.9 Å². The van der Waals surface area contributed by atoms with Gasteiger partial charge in [-0.2, -0.15) is 4.39 Å².